The highest BCUT2D eigenvalue weighted by Gasteiger charge is 2.38. The zero-order valence-electron chi connectivity index (χ0n) is 11.7. The van der Waals surface area contributed by atoms with Crippen LogP contribution in [0.3, 0.4) is 0 Å². The number of nitrogens with zero attached hydrogens (tertiary/aromatic N) is 3. The molecule has 3 aromatic rings. The molecule has 1 aliphatic rings. The number of imidazole rings is 1. The summed E-state index contributed by atoms with van der Waals surface area (Å²) in [6, 6.07) is 11.0. The van der Waals surface area contributed by atoms with Crippen molar-refractivity contribution in [1.82, 2.24) is 19.9 Å². The van der Waals surface area contributed by atoms with Crippen LogP contribution in [-0.4, -0.2) is 33.0 Å². The number of hydrogen-bond donors (Lipinski definition) is 3. The van der Waals surface area contributed by atoms with Crippen molar-refractivity contribution in [2.75, 3.05) is 17.7 Å². The van der Waals surface area contributed by atoms with Crippen molar-refractivity contribution in [3.05, 3.63) is 42.2 Å². The molecule has 0 radical (unpaired) electrons. The van der Waals surface area contributed by atoms with Gasteiger partial charge in [0.15, 0.2) is 11.5 Å². The lowest BCUT2D eigenvalue weighted by molar-refractivity contribution is 1.03. The molecule has 0 spiro atoms. The molecule has 2 atom stereocenters. The predicted octanol–water partition coefficient (Wildman–Crippen LogP) is 2.36. The number of fused-ring (bicyclic) bond motifs is 1. The molecule has 4 rings (SSSR count). The SMILES string of the molecule is CNc1nc(NC2CC2c2ccccc2)c2[nH]cnc2n1. The summed E-state index contributed by atoms with van der Waals surface area (Å²) in [6.45, 7) is 0. The number of aromatic amines is 1. The van der Waals surface area contributed by atoms with Gasteiger partial charge in [0.25, 0.3) is 0 Å². The van der Waals surface area contributed by atoms with Crippen molar-refractivity contribution in [3.8, 4) is 0 Å². The van der Waals surface area contributed by atoms with Gasteiger partial charge in [-0.25, -0.2) is 4.98 Å². The van der Waals surface area contributed by atoms with Gasteiger partial charge in [0.2, 0.25) is 5.95 Å². The first-order chi connectivity index (χ1) is 10.3. The van der Waals surface area contributed by atoms with E-state index in [0.717, 1.165) is 17.8 Å². The zero-order valence-corrected chi connectivity index (χ0v) is 11.7. The molecule has 0 amide bonds. The maximum Gasteiger partial charge on any atom is 0.226 e. The van der Waals surface area contributed by atoms with Gasteiger partial charge in [-0.15, -0.1) is 0 Å². The van der Waals surface area contributed by atoms with E-state index >= 15 is 0 Å². The van der Waals surface area contributed by atoms with Crippen LogP contribution in [0.4, 0.5) is 11.8 Å². The molecule has 2 aromatic heterocycles. The first-order valence-electron chi connectivity index (χ1n) is 7.05. The van der Waals surface area contributed by atoms with E-state index in [1.54, 1.807) is 6.33 Å². The van der Waals surface area contributed by atoms with E-state index in [-0.39, 0.29) is 0 Å². The van der Waals surface area contributed by atoms with Crippen molar-refractivity contribution in [2.45, 2.75) is 18.4 Å². The normalized spacial score (nSPS) is 20.4. The molecule has 1 fully saturated rings. The third-order valence-electron chi connectivity index (χ3n) is 3.85. The fourth-order valence-corrected chi connectivity index (χ4v) is 2.65. The van der Waals surface area contributed by atoms with E-state index in [2.05, 4.69) is 54.8 Å². The molecule has 2 unspecified atom stereocenters. The van der Waals surface area contributed by atoms with E-state index < -0.39 is 0 Å². The topological polar surface area (TPSA) is 78.5 Å². The van der Waals surface area contributed by atoms with Crippen LogP contribution in [0.1, 0.15) is 17.9 Å². The van der Waals surface area contributed by atoms with Gasteiger partial charge in [-0.3, -0.25) is 0 Å². The molecule has 3 N–H and O–H groups in total. The van der Waals surface area contributed by atoms with E-state index in [9.17, 15) is 0 Å². The van der Waals surface area contributed by atoms with E-state index in [1.807, 2.05) is 13.1 Å². The Morgan fingerprint density at radius 3 is 2.86 bits per heavy atom. The minimum absolute atomic E-state index is 0.415. The van der Waals surface area contributed by atoms with Gasteiger partial charge in [0.05, 0.1) is 6.33 Å². The second kappa shape index (κ2) is 4.73. The van der Waals surface area contributed by atoms with Crippen molar-refractivity contribution >= 4 is 22.9 Å². The minimum Gasteiger partial charge on any atom is -0.365 e. The maximum atomic E-state index is 4.50. The highest BCUT2D eigenvalue weighted by atomic mass is 15.2. The molecular formula is C15H16N6. The summed E-state index contributed by atoms with van der Waals surface area (Å²) in [7, 11) is 1.81. The Kier molecular flexibility index (Phi) is 2.73. The number of aromatic nitrogens is 4. The predicted molar refractivity (Wildman–Crippen MR) is 82.4 cm³/mol. The van der Waals surface area contributed by atoms with Crippen molar-refractivity contribution in [2.24, 2.45) is 0 Å². The van der Waals surface area contributed by atoms with Crippen LogP contribution in [0.2, 0.25) is 0 Å². The summed E-state index contributed by atoms with van der Waals surface area (Å²) in [5, 5.41) is 6.48. The summed E-state index contributed by atoms with van der Waals surface area (Å²) in [4.78, 5) is 16.1. The van der Waals surface area contributed by atoms with Crippen molar-refractivity contribution < 1.29 is 0 Å². The molecule has 6 nitrogen and oxygen atoms in total. The van der Waals surface area contributed by atoms with Gasteiger partial charge >= 0.3 is 0 Å². The Labute approximate surface area is 122 Å². The van der Waals surface area contributed by atoms with Crippen molar-refractivity contribution in [1.29, 1.82) is 0 Å². The second-order valence-corrected chi connectivity index (χ2v) is 5.25. The fraction of sp³-hybridized carbons (Fsp3) is 0.267. The average Bonchev–Trinajstić information content (AvgIpc) is 3.12. The molecular weight excluding hydrogens is 264 g/mol. The molecule has 6 heteroatoms. The van der Waals surface area contributed by atoms with Gasteiger partial charge < -0.3 is 15.6 Å². The first kappa shape index (κ1) is 12.1. The quantitative estimate of drug-likeness (QED) is 0.684. The van der Waals surface area contributed by atoms with Crippen LogP contribution in [-0.2, 0) is 0 Å². The van der Waals surface area contributed by atoms with Gasteiger partial charge in [-0.2, -0.15) is 9.97 Å². The molecule has 2 heterocycles. The standard InChI is InChI=1S/C15H16N6/c1-16-15-20-13-12(17-8-18-13)14(21-15)19-11-7-10(11)9-5-3-2-4-6-9/h2-6,8,10-11H,7H2,1H3,(H3,16,17,18,19,20,21). The van der Waals surface area contributed by atoms with Crippen LogP contribution in [0.25, 0.3) is 11.2 Å². The third kappa shape index (κ3) is 2.18. The molecule has 1 saturated carbocycles. The molecule has 0 aliphatic heterocycles. The van der Waals surface area contributed by atoms with Gasteiger partial charge in [0.1, 0.15) is 5.52 Å². The second-order valence-electron chi connectivity index (χ2n) is 5.25. The lowest BCUT2D eigenvalue weighted by atomic mass is 10.1. The van der Waals surface area contributed by atoms with Gasteiger partial charge in [0, 0.05) is 19.0 Å². The van der Waals surface area contributed by atoms with Crippen molar-refractivity contribution in [3.63, 3.8) is 0 Å². The highest BCUT2D eigenvalue weighted by Crippen LogP contribution is 2.43. The lowest BCUT2D eigenvalue weighted by Crippen LogP contribution is -2.08. The molecule has 1 aliphatic carbocycles. The van der Waals surface area contributed by atoms with Gasteiger partial charge in [-0.1, -0.05) is 30.3 Å². The van der Waals surface area contributed by atoms with E-state index in [4.69, 9.17) is 0 Å². The van der Waals surface area contributed by atoms with Crippen LogP contribution in [0.5, 0.6) is 0 Å². The lowest BCUT2D eigenvalue weighted by Gasteiger charge is -2.08. The number of H-pyrrole nitrogens is 1. The third-order valence-corrected chi connectivity index (χ3v) is 3.85. The number of nitrogens with one attached hydrogen (secondary N) is 3. The Bertz CT molecular complexity index is 766. The number of hydrogen-bond acceptors (Lipinski definition) is 5. The van der Waals surface area contributed by atoms with Crippen LogP contribution < -0.4 is 10.6 Å². The number of benzene rings is 1. The Balaban J connectivity index is 1.60. The summed E-state index contributed by atoms with van der Waals surface area (Å²) in [6.07, 6.45) is 2.77. The highest BCUT2D eigenvalue weighted by molar-refractivity contribution is 5.84. The molecule has 0 bridgehead atoms. The van der Waals surface area contributed by atoms with E-state index in [1.165, 1.54) is 5.56 Å². The fourth-order valence-electron chi connectivity index (χ4n) is 2.65. The molecule has 0 saturated heterocycles. The minimum atomic E-state index is 0.415. The van der Waals surface area contributed by atoms with Gasteiger partial charge in [-0.05, 0) is 12.0 Å². The number of anilines is 2. The average molecular weight is 280 g/mol. The smallest absolute Gasteiger partial charge is 0.226 e. The maximum absolute atomic E-state index is 4.50. The summed E-state index contributed by atoms with van der Waals surface area (Å²) >= 11 is 0. The Morgan fingerprint density at radius 2 is 2.05 bits per heavy atom. The summed E-state index contributed by atoms with van der Waals surface area (Å²) in [5.74, 6) is 1.94. The largest absolute Gasteiger partial charge is 0.365 e. The van der Waals surface area contributed by atoms with Crippen LogP contribution in [0, 0.1) is 0 Å². The molecule has 1 aromatic carbocycles. The summed E-state index contributed by atoms with van der Waals surface area (Å²) in [5.41, 5.74) is 2.90. The van der Waals surface area contributed by atoms with Crippen LogP contribution in [0.15, 0.2) is 36.7 Å². The molecule has 21 heavy (non-hydrogen) atoms. The monoisotopic (exact) mass is 280 g/mol. The summed E-state index contributed by atoms with van der Waals surface area (Å²) < 4.78 is 0. The number of rotatable bonds is 4. The Morgan fingerprint density at radius 1 is 1.19 bits per heavy atom. The van der Waals surface area contributed by atoms with E-state index in [0.29, 0.717) is 23.6 Å². The van der Waals surface area contributed by atoms with Crippen LogP contribution >= 0.6 is 0 Å². The zero-order chi connectivity index (χ0) is 14.2. The first-order valence-corrected chi connectivity index (χ1v) is 7.05. The molecule has 106 valence electrons. The Hall–Kier alpha value is -2.63.